The molecule has 3 nitrogen and oxygen atoms in total. The number of aromatic nitrogens is 3. The molecule has 0 radical (unpaired) electrons. The van der Waals surface area contributed by atoms with E-state index in [9.17, 15) is 0 Å². The third-order valence-electron chi connectivity index (χ3n) is 2.63. The zero-order chi connectivity index (χ0) is 14.2. The maximum atomic E-state index is 6.12. The van der Waals surface area contributed by atoms with Gasteiger partial charge in [-0.25, -0.2) is 15.0 Å². The quantitative estimate of drug-likeness (QED) is 0.749. The standard InChI is InChI=1S/C13H15Cl2N3S/c1-5-7-9(14)17-11(18-10(7)15)8-6-19-12(16-8)13(2,3)4/h6H,5H2,1-4H3. The highest BCUT2D eigenvalue weighted by molar-refractivity contribution is 7.10. The lowest BCUT2D eigenvalue weighted by Gasteiger charge is -2.13. The molecule has 0 fully saturated rings. The molecule has 19 heavy (non-hydrogen) atoms. The summed E-state index contributed by atoms with van der Waals surface area (Å²) in [6, 6.07) is 0. The molecule has 0 aromatic carbocycles. The zero-order valence-corrected chi connectivity index (χ0v) is 13.6. The third-order valence-corrected chi connectivity index (χ3v) is 4.53. The predicted molar refractivity (Wildman–Crippen MR) is 81.2 cm³/mol. The molecule has 0 amide bonds. The van der Waals surface area contributed by atoms with Crippen molar-refractivity contribution >= 4 is 34.5 Å². The normalized spacial score (nSPS) is 11.9. The maximum Gasteiger partial charge on any atom is 0.181 e. The Morgan fingerprint density at radius 3 is 2.11 bits per heavy atom. The molecule has 0 saturated carbocycles. The monoisotopic (exact) mass is 315 g/mol. The molecular weight excluding hydrogens is 301 g/mol. The highest BCUT2D eigenvalue weighted by Crippen LogP contribution is 2.30. The summed E-state index contributed by atoms with van der Waals surface area (Å²) in [5.74, 6) is 0.485. The average molecular weight is 316 g/mol. The van der Waals surface area contributed by atoms with Crippen LogP contribution in [0.25, 0.3) is 11.5 Å². The lowest BCUT2D eigenvalue weighted by atomic mass is 9.98. The fourth-order valence-corrected chi connectivity index (χ4v) is 3.10. The molecule has 2 heterocycles. The van der Waals surface area contributed by atoms with Gasteiger partial charge in [-0.1, -0.05) is 50.9 Å². The van der Waals surface area contributed by atoms with Crippen LogP contribution in [-0.4, -0.2) is 15.0 Å². The Labute approximate surface area is 127 Å². The molecule has 6 heteroatoms. The molecule has 0 aliphatic heterocycles. The van der Waals surface area contributed by atoms with Gasteiger partial charge in [0.15, 0.2) is 5.82 Å². The van der Waals surface area contributed by atoms with E-state index < -0.39 is 0 Å². The van der Waals surface area contributed by atoms with Crippen molar-refractivity contribution in [1.82, 2.24) is 15.0 Å². The second kappa shape index (κ2) is 5.35. The Bertz CT molecular complexity index is 579. The molecule has 2 aromatic heterocycles. The topological polar surface area (TPSA) is 38.7 Å². The van der Waals surface area contributed by atoms with Crippen LogP contribution in [0, 0.1) is 0 Å². The number of hydrogen-bond donors (Lipinski definition) is 0. The molecular formula is C13H15Cl2N3S. The Balaban J connectivity index is 2.46. The summed E-state index contributed by atoms with van der Waals surface area (Å²) in [4.78, 5) is 13.1. The maximum absolute atomic E-state index is 6.12. The Kier molecular flexibility index (Phi) is 4.14. The van der Waals surface area contributed by atoms with Crippen molar-refractivity contribution in [3.63, 3.8) is 0 Å². The van der Waals surface area contributed by atoms with Crippen molar-refractivity contribution in [1.29, 1.82) is 0 Å². The predicted octanol–water partition coefficient (Wildman–Crippen LogP) is 4.77. The van der Waals surface area contributed by atoms with Gasteiger partial charge in [0, 0.05) is 16.4 Å². The van der Waals surface area contributed by atoms with Gasteiger partial charge in [-0.2, -0.15) is 0 Å². The highest BCUT2D eigenvalue weighted by Gasteiger charge is 2.20. The lowest BCUT2D eigenvalue weighted by molar-refractivity contribution is 0.586. The molecule has 0 aliphatic carbocycles. The van der Waals surface area contributed by atoms with Crippen LogP contribution in [0.3, 0.4) is 0 Å². The third kappa shape index (κ3) is 3.07. The summed E-state index contributed by atoms with van der Waals surface area (Å²) in [7, 11) is 0. The van der Waals surface area contributed by atoms with Gasteiger partial charge in [-0.3, -0.25) is 0 Å². The summed E-state index contributed by atoms with van der Waals surface area (Å²) in [5, 5.41) is 3.79. The molecule has 2 rings (SSSR count). The number of thiazole rings is 1. The highest BCUT2D eigenvalue weighted by atomic mass is 35.5. The molecule has 0 N–H and O–H groups in total. The van der Waals surface area contributed by atoms with Crippen molar-refractivity contribution < 1.29 is 0 Å². The van der Waals surface area contributed by atoms with E-state index in [0.29, 0.717) is 22.6 Å². The minimum atomic E-state index is 0.0138. The summed E-state index contributed by atoms with van der Waals surface area (Å²) < 4.78 is 0. The number of nitrogens with zero attached hydrogens (tertiary/aromatic N) is 3. The molecule has 0 saturated heterocycles. The molecule has 2 aromatic rings. The number of hydrogen-bond acceptors (Lipinski definition) is 4. The van der Waals surface area contributed by atoms with E-state index in [-0.39, 0.29) is 5.41 Å². The average Bonchev–Trinajstić information content (AvgIpc) is 2.77. The van der Waals surface area contributed by atoms with Crippen LogP contribution < -0.4 is 0 Å². The van der Waals surface area contributed by atoms with Gasteiger partial charge in [0.05, 0.1) is 5.01 Å². The second-order valence-electron chi connectivity index (χ2n) is 5.25. The van der Waals surface area contributed by atoms with Crippen molar-refractivity contribution in [3.05, 3.63) is 26.3 Å². The summed E-state index contributed by atoms with van der Waals surface area (Å²) in [5.41, 5.74) is 1.51. The van der Waals surface area contributed by atoms with Gasteiger partial charge in [-0.15, -0.1) is 11.3 Å². The SMILES string of the molecule is CCc1c(Cl)nc(-c2csc(C(C)(C)C)n2)nc1Cl. The summed E-state index contributed by atoms with van der Waals surface area (Å²) >= 11 is 13.8. The van der Waals surface area contributed by atoms with Crippen LogP contribution in [0.4, 0.5) is 0 Å². The Hall–Kier alpha value is -0.710. The van der Waals surface area contributed by atoms with Crippen molar-refractivity contribution in [2.45, 2.75) is 39.5 Å². The van der Waals surface area contributed by atoms with Gasteiger partial charge in [0.1, 0.15) is 16.0 Å². The first-order valence-electron chi connectivity index (χ1n) is 6.01. The van der Waals surface area contributed by atoms with E-state index in [1.54, 1.807) is 11.3 Å². The number of halogens is 2. The van der Waals surface area contributed by atoms with E-state index in [1.807, 2.05) is 12.3 Å². The Morgan fingerprint density at radius 2 is 1.68 bits per heavy atom. The fourth-order valence-electron chi connectivity index (χ4n) is 1.56. The first kappa shape index (κ1) is 14.7. The number of rotatable bonds is 2. The van der Waals surface area contributed by atoms with E-state index in [1.165, 1.54) is 0 Å². The first-order chi connectivity index (χ1) is 8.82. The molecule has 0 unspecified atom stereocenters. The van der Waals surface area contributed by atoms with Gasteiger partial charge in [-0.05, 0) is 6.42 Å². The van der Waals surface area contributed by atoms with E-state index in [0.717, 1.165) is 16.3 Å². The van der Waals surface area contributed by atoms with Crippen molar-refractivity contribution in [3.8, 4) is 11.5 Å². The molecule has 0 bridgehead atoms. The van der Waals surface area contributed by atoms with Gasteiger partial charge >= 0.3 is 0 Å². The fraction of sp³-hybridized carbons (Fsp3) is 0.462. The van der Waals surface area contributed by atoms with Crippen LogP contribution in [0.5, 0.6) is 0 Å². The van der Waals surface area contributed by atoms with E-state index in [2.05, 4.69) is 35.7 Å². The van der Waals surface area contributed by atoms with Crippen molar-refractivity contribution in [2.75, 3.05) is 0 Å². The smallest absolute Gasteiger partial charge is 0.181 e. The van der Waals surface area contributed by atoms with Crippen LogP contribution in [0.15, 0.2) is 5.38 Å². The van der Waals surface area contributed by atoms with Crippen LogP contribution in [0.2, 0.25) is 10.3 Å². The largest absolute Gasteiger partial charge is 0.237 e. The van der Waals surface area contributed by atoms with Crippen LogP contribution >= 0.6 is 34.5 Å². The molecule has 0 aliphatic rings. The summed E-state index contributed by atoms with van der Waals surface area (Å²) in [6.07, 6.45) is 0.711. The van der Waals surface area contributed by atoms with Crippen LogP contribution in [-0.2, 0) is 11.8 Å². The van der Waals surface area contributed by atoms with Gasteiger partial charge in [0.25, 0.3) is 0 Å². The minimum Gasteiger partial charge on any atom is -0.237 e. The first-order valence-corrected chi connectivity index (χ1v) is 7.64. The summed E-state index contributed by atoms with van der Waals surface area (Å²) in [6.45, 7) is 8.33. The zero-order valence-electron chi connectivity index (χ0n) is 11.3. The minimum absolute atomic E-state index is 0.0138. The van der Waals surface area contributed by atoms with Crippen LogP contribution in [0.1, 0.15) is 38.3 Å². The Morgan fingerprint density at radius 1 is 1.11 bits per heavy atom. The molecule has 0 spiro atoms. The molecule has 102 valence electrons. The lowest BCUT2D eigenvalue weighted by Crippen LogP contribution is -2.10. The molecule has 0 atom stereocenters. The van der Waals surface area contributed by atoms with E-state index in [4.69, 9.17) is 23.2 Å². The van der Waals surface area contributed by atoms with Gasteiger partial charge in [0.2, 0.25) is 0 Å². The van der Waals surface area contributed by atoms with Crippen molar-refractivity contribution in [2.24, 2.45) is 0 Å². The second-order valence-corrected chi connectivity index (χ2v) is 6.82. The van der Waals surface area contributed by atoms with Gasteiger partial charge < -0.3 is 0 Å². The van der Waals surface area contributed by atoms with E-state index >= 15 is 0 Å².